The summed E-state index contributed by atoms with van der Waals surface area (Å²) in [6, 6.07) is 92.7. The van der Waals surface area contributed by atoms with Crippen molar-refractivity contribution in [3.05, 3.63) is 254 Å². The van der Waals surface area contributed by atoms with Crippen LogP contribution in [-0.4, -0.2) is 17.2 Å². The molecule has 0 saturated heterocycles. The lowest BCUT2D eigenvalue weighted by Crippen LogP contribution is -2.74. The summed E-state index contributed by atoms with van der Waals surface area (Å²) in [6.45, 7) is 0.769. The zero-order valence-corrected chi connectivity index (χ0v) is 36.7. The molecule has 0 unspecified atom stereocenters. The van der Waals surface area contributed by atoms with Crippen molar-refractivity contribution < 1.29 is 0 Å². The zero-order chi connectivity index (χ0) is 42.9. The van der Waals surface area contributed by atoms with E-state index in [2.05, 4.69) is 263 Å². The average Bonchev–Trinajstić information content (AvgIpc) is 3.90. The molecule has 0 atom stereocenters. The van der Waals surface area contributed by atoms with Crippen LogP contribution in [0.5, 0.6) is 0 Å². The van der Waals surface area contributed by atoms with E-state index in [1.165, 1.54) is 92.4 Å². The van der Waals surface area contributed by atoms with Crippen LogP contribution in [0.3, 0.4) is 0 Å². The molecule has 10 aromatic carbocycles. The van der Waals surface area contributed by atoms with Crippen molar-refractivity contribution in [1.82, 2.24) is 9.13 Å². The highest BCUT2D eigenvalue weighted by Crippen LogP contribution is 2.49. The maximum Gasteiger partial charge on any atom is 0.179 e. The average molecular weight is 846 g/mol. The largest absolute Gasteiger partial charge is 0.335 e. The molecule has 3 heterocycles. The SMILES string of the molecule is c1ccc(N2Cc3ccccc3-c3cc(-n4c5ccccc5c5cc([Si](c6ccccc6)(c6ccccc6)c6ccccc6)ccc54)cc(-n4c5ccccc5c5ccccc54)c32)cc1. The van der Waals surface area contributed by atoms with Gasteiger partial charge in [0.15, 0.2) is 8.07 Å². The molecule has 12 aromatic rings. The molecule has 0 fully saturated rings. The predicted octanol–water partition coefficient (Wildman–Crippen LogP) is 12.6. The van der Waals surface area contributed by atoms with Crippen molar-refractivity contribution in [1.29, 1.82) is 0 Å². The van der Waals surface area contributed by atoms with E-state index in [1.54, 1.807) is 0 Å². The summed E-state index contributed by atoms with van der Waals surface area (Å²) in [5.41, 5.74) is 13.2. The topological polar surface area (TPSA) is 13.1 Å². The highest BCUT2D eigenvalue weighted by Gasteiger charge is 2.41. The summed E-state index contributed by atoms with van der Waals surface area (Å²) in [5, 5.41) is 10.5. The number of rotatable bonds is 7. The first-order valence-electron chi connectivity index (χ1n) is 22.6. The van der Waals surface area contributed by atoms with Crippen LogP contribution in [0.4, 0.5) is 11.4 Å². The zero-order valence-electron chi connectivity index (χ0n) is 35.7. The standard InChI is InChI=1S/C61H43N3Si/c1-5-22-44(23-6-1)62-42-43-21-13-14-30-50(43)55-39-45(40-60(61(55)62)64-57-35-19-15-31-51(57)52-32-16-20-36-58(52)64)63-56-34-18-17-33-53(56)54-41-49(37-38-59(54)63)65(46-24-7-2-8-25-46,47-26-9-3-10-27-47)48-28-11-4-12-29-48/h1-41H,42H2. The first-order valence-corrected chi connectivity index (χ1v) is 24.6. The number of para-hydroxylation sites is 4. The quantitative estimate of drug-likeness (QED) is 0.115. The number of anilines is 2. The number of hydrogen-bond donors (Lipinski definition) is 0. The molecule has 0 aliphatic carbocycles. The molecule has 0 radical (unpaired) electrons. The molecule has 0 spiro atoms. The number of fused-ring (bicyclic) bond motifs is 9. The Kier molecular flexibility index (Phi) is 8.61. The van der Waals surface area contributed by atoms with Gasteiger partial charge in [-0.15, -0.1) is 0 Å². The van der Waals surface area contributed by atoms with Crippen molar-refractivity contribution >= 4 is 83.8 Å². The second-order valence-electron chi connectivity index (χ2n) is 17.2. The molecular formula is C61H43N3Si. The minimum Gasteiger partial charge on any atom is -0.335 e. The Morgan fingerprint density at radius 2 is 0.769 bits per heavy atom. The van der Waals surface area contributed by atoms with Gasteiger partial charge in [0.2, 0.25) is 0 Å². The lowest BCUT2D eigenvalue weighted by molar-refractivity contribution is 0.948. The Hall–Kier alpha value is -8.18. The molecular weight excluding hydrogens is 803 g/mol. The van der Waals surface area contributed by atoms with Gasteiger partial charge >= 0.3 is 0 Å². The molecule has 3 nitrogen and oxygen atoms in total. The second kappa shape index (κ2) is 15.0. The molecule has 1 aliphatic heterocycles. The molecule has 0 saturated carbocycles. The van der Waals surface area contributed by atoms with Crippen LogP contribution >= 0.6 is 0 Å². The van der Waals surface area contributed by atoms with Crippen LogP contribution in [0.2, 0.25) is 0 Å². The van der Waals surface area contributed by atoms with Crippen LogP contribution in [-0.2, 0) is 6.54 Å². The normalized spacial score (nSPS) is 12.5. The van der Waals surface area contributed by atoms with Crippen molar-refractivity contribution in [3.63, 3.8) is 0 Å². The Morgan fingerprint density at radius 3 is 1.35 bits per heavy atom. The number of benzene rings is 10. The Bertz CT molecular complexity index is 3590. The van der Waals surface area contributed by atoms with Crippen molar-refractivity contribution in [2.75, 3.05) is 4.90 Å². The third kappa shape index (κ3) is 5.67. The van der Waals surface area contributed by atoms with E-state index in [9.17, 15) is 0 Å². The van der Waals surface area contributed by atoms with E-state index in [0.717, 1.165) is 17.9 Å². The van der Waals surface area contributed by atoms with E-state index in [4.69, 9.17) is 0 Å². The van der Waals surface area contributed by atoms with E-state index < -0.39 is 8.07 Å². The molecule has 306 valence electrons. The van der Waals surface area contributed by atoms with Gasteiger partial charge in [0.25, 0.3) is 0 Å². The van der Waals surface area contributed by atoms with Crippen LogP contribution in [0, 0.1) is 0 Å². The minimum atomic E-state index is -2.79. The van der Waals surface area contributed by atoms with E-state index in [1.807, 2.05) is 0 Å². The fourth-order valence-corrected chi connectivity index (χ4v) is 15.9. The Morgan fingerprint density at radius 1 is 0.308 bits per heavy atom. The van der Waals surface area contributed by atoms with Gasteiger partial charge in [-0.25, -0.2) is 0 Å². The number of aromatic nitrogens is 2. The fraction of sp³-hybridized carbons (Fsp3) is 0.0164. The molecule has 0 bridgehead atoms. The third-order valence-electron chi connectivity index (χ3n) is 13.9. The van der Waals surface area contributed by atoms with Gasteiger partial charge in [-0.1, -0.05) is 200 Å². The van der Waals surface area contributed by atoms with Gasteiger partial charge < -0.3 is 14.0 Å². The van der Waals surface area contributed by atoms with Crippen molar-refractivity contribution in [3.8, 4) is 22.5 Å². The molecule has 65 heavy (non-hydrogen) atoms. The molecule has 0 N–H and O–H groups in total. The summed E-state index contributed by atoms with van der Waals surface area (Å²) < 4.78 is 5.04. The maximum atomic E-state index is 2.53. The van der Waals surface area contributed by atoms with Crippen LogP contribution in [0.25, 0.3) is 66.1 Å². The summed E-state index contributed by atoms with van der Waals surface area (Å²) >= 11 is 0. The smallest absolute Gasteiger partial charge is 0.179 e. The summed E-state index contributed by atoms with van der Waals surface area (Å²) in [5.74, 6) is 0. The first kappa shape index (κ1) is 37.4. The lowest BCUT2D eigenvalue weighted by atomic mass is 9.91. The van der Waals surface area contributed by atoms with Gasteiger partial charge in [-0.3, -0.25) is 0 Å². The first-order chi connectivity index (χ1) is 32.3. The summed E-state index contributed by atoms with van der Waals surface area (Å²) in [4.78, 5) is 2.53. The monoisotopic (exact) mass is 845 g/mol. The number of nitrogens with zero attached hydrogens (tertiary/aromatic N) is 3. The van der Waals surface area contributed by atoms with Crippen LogP contribution in [0.15, 0.2) is 249 Å². The Labute approximate surface area is 379 Å². The van der Waals surface area contributed by atoms with Crippen LogP contribution in [0.1, 0.15) is 5.56 Å². The van der Waals surface area contributed by atoms with E-state index >= 15 is 0 Å². The molecule has 2 aromatic heterocycles. The third-order valence-corrected chi connectivity index (χ3v) is 18.6. The van der Waals surface area contributed by atoms with Crippen LogP contribution < -0.4 is 25.6 Å². The van der Waals surface area contributed by atoms with Gasteiger partial charge in [0.1, 0.15) is 0 Å². The van der Waals surface area contributed by atoms with E-state index in [-0.39, 0.29) is 0 Å². The molecule has 13 rings (SSSR count). The fourth-order valence-electron chi connectivity index (χ4n) is 11.1. The van der Waals surface area contributed by atoms with E-state index in [0.29, 0.717) is 0 Å². The summed E-state index contributed by atoms with van der Waals surface area (Å²) in [7, 11) is -2.79. The van der Waals surface area contributed by atoms with Gasteiger partial charge in [-0.2, -0.15) is 0 Å². The van der Waals surface area contributed by atoms with Crippen molar-refractivity contribution in [2.45, 2.75) is 6.54 Å². The maximum absolute atomic E-state index is 2.79. The van der Waals surface area contributed by atoms with Gasteiger partial charge in [0.05, 0.1) is 33.4 Å². The minimum absolute atomic E-state index is 0.769. The highest BCUT2D eigenvalue weighted by atomic mass is 28.3. The highest BCUT2D eigenvalue weighted by molar-refractivity contribution is 7.20. The number of hydrogen-bond acceptors (Lipinski definition) is 1. The second-order valence-corrected chi connectivity index (χ2v) is 21.1. The van der Waals surface area contributed by atoms with Crippen molar-refractivity contribution in [2.24, 2.45) is 0 Å². The van der Waals surface area contributed by atoms with Gasteiger partial charge in [-0.05, 0) is 80.4 Å². The Balaban J connectivity index is 1.14. The predicted molar refractivity (Wildman–Crippen MR) is 276 cm³/mol. The summed E-state index contributed by atoms with van der Waals surface area (Å²) in [6.07, 6.45) is 0. The molecule has 0 amide bonds. The van der Waals surface area contributed by atoms with Gasteiger partial charge in [0, 0.05) is 45.0 Å². The molecule has 4 heteroatoms. The molecule has 1 aliphatic rings. The lowest BCUT2D eigenvalue weighted by Gasteiger charge is -2.36.